The van der Waals surface area contributed by atoms with Crippen molar-refractivity contribution in [1.82, 2.24) is 5.32 Å². The molecule has 104 valence electrons. The second-order valence-corrected chi connectivity index (χ2v) is 6.20. The van der Waals surface area contributed by atoms with Gasteiger partial charge in [0.15, 0.2) is 0 Å². The molecule has 3 atom stereocenters. The van der Waals surface area contributed by atoms with Crippen molar-refractivity contribution in [2.45, 2.75) is 50.5 Å². The highest BCUT2D eigenvalue weighted by molar-refractivity contribution is 5.32. The first kappa shape index (κ1) is 13.1. The average molecular weight is 259 g/mol. The Hall–Kier alpha value is -0.860. The van der Waals surface area contributed by atoms with Gasteiger partial charge in [-0.1, -0.05) is 30.7 Å². The average Bonchev–Trinajstić information content (AvgIpc) is 2.85. The molecule has 2 aliphatic rings. The zero-order valence-corrected chi connectivity index (χ0v) is 11.6. The van der Waals surface area contributed by atoms with Crippen LogP contribution in [-0.2, 0) is 6.42 Å². The van der Waals surface area contributed by atoms with Gasteiger partial charge in [-0.3, -0.25) is 0 Å². The van der Waals surface area contributed by atoms with Crippen LogP contribution in [0.4, 0.5) is 0 Å². The smallest absolute Gasteiger partial charge is 0.0580 e. The Morgan fingerprint density at radius 1 is 1.05 bits per heavy atom. The molecule has 2 N–H and O–H groups in total. The highest BCUT2D eigenvalue weighted by Gasteiger charge is 2.25. The Morgan fingerprint density at radius 2 is 1.95 bits per heavy atom. The third-order valence-corrected chi connectivity index (χ3v) is 4.91. The van der Waals surface area contributed by atoms with Crippen LogP contribution in [0.5, 0.6) is 0 Å². The molecule has 0 aromatic heterocycles. The maximum absolute atomic E-state index is 9.84. The van der Waals surface area contributed by atoms with Crippen molar-refractivity contribution < 1.29 is 5.11 Å². The number of nitrogens with one attached hydrogen (secondary N) is 1. The summed E-state index contributed by atoms with van der Waals surface area (Å²) < 4.78 is 0. The van der Waals surface area contributed by atoms with E-state index in [2.05, 4.69) is 29.6 Å². The molecule has 0 aliphatic heterocycles. The van der Waals surface area contributed by atoms with E-state index in [1.807, 2.05) is 0 Å². The number of hydrogen-bond donors (Lipinski definition) is 2. The van der Waals surface area contributed by atoms with Crippen LogP contribution >= 0.6 is 0 Å². The Morgan fingerprint density at radius 3 is 2.79 bits per heavy atom. The SMILES string of the molecule is OC1CCCC1CNCC1CCCc2ccccc21. The number of aliphatic hydroxyl groups is 1. The van der Waals surface area contributed by atoms with Gasteiger partial charge < -0.3 is 10.4 Å². The molecule has 0 saturated heterocycles. The molecule has 2 heteroatoms. The summed E-state index contributed by atoms with van der Waals surface area (Å²) in [6, 6.07) is 8.90. The van der Waals surface area contributed by atoms with E-state index in [9.17, 15) is 5.11 Å². The third kappa shape index (κ3) is 3.01. The van der Waals surface area contributed by atoms with Gasteiger partial charge in [-0.15, -0.1) is 0 Å². The number of rotatable bonds is 4. The second-order valence-electron chi connectivity index (χ2n) is 6.20. The quantitative estimate of drug-likeness (QED) is 0.871. The molecule has 1 saturated carbocycles. The lowest BCUT2D eigenvalue weighted by Crippen LogP contribution is -2.31. The lowest BCUT2D eigenvalue weighted by Gasteiger charge is -2.26. The zero-order valence-electron chi connectivity index (χ0n) is 11.6. The first-order chi connectivity index (χ1) is 9.34. The minimum Gasteiger partial charge on any atom is -0.393 e. The van der Waals surface area contributed by atoms with Gasteiger partial charge in [0.05, 0.1) is 6.10 Å². The molecule has 2 nitrogen and oxygen atoms in total. The topological polar surface area (TPSA) is 32.3 Å². The number of aliphatic hydroxyl groups excluding tert-OH is 1. The fraction of sp³-hybridized carbons (Fsp3) is 0.647. The molecular weight excluding hydrogens is 234 g/mol. The van der Waals surface area contributed by atoms with Gasteiger partial charge in [-0.05, 0) is 55.1 Å². The molecule has 19 heavy (non-hydrogen) atoms. The minimum absolute atomic E-state index is 0.0638. The fourth-order valence-electron chi connectivity index (χ4n) is 3.76. The van der Waals surface area contributed by atoms with Crippen LogP contribution in [0.3, 0.4) is 0 Å². The first-order valence-corrected chi connectivity index (χ1v) is 7.81. The monoisotopic (exact) mass is 259 g/mol. The molecule has 0 amide bonds. The minimum atomic E-state index is -0.0638. The van der Waals surface area contributed by atoms with Crippen molar-refractivity contribution in [1.29, 1.82) is 0 Å². The number of benzene rings is 1. The van der Waals surface area contributed by atoms with Crippen LogP contribution in [0.25, 0.3) is 0 Å². The van der Waals surface area contributed by atoms with E-state index in [4.69, 9.17) is 0 Å². The summed E-state index contributed by atoms with van der Waals surface area (Å²) in [4.78, 5) is 0. The maximum Gasteiger partial charge on any atom is 0.0580 e. The predicted molar refractivity (Wildman–Crippen MR) is 78.3 cm³/mol. The molecule has 1 fully saturated rings. The number of fused-ring (bicyclic) bond motifs is 1. The largest absolute Gasteiger partial charge is 0.393 e. The molecule has 0 bridgehead atoms. The van der Waals surface area contributed by atoms with Crippen LogP contribution in [0.1, 0.15) is 49.1 Å². The standard InChI is InChI=1S/C17H25NO/c19-17-10-4-8-15(17)12-18-11-14-7-3-6-13-5-1-2-9-16(13)14/h1-2,5,9,14-15,17-19H,3-4,6-8,10-12H2. The van der Waals surface area contributed by atoms with Gasteiger partial charge in [0, 0.05) is 13.1 Å². The van der Waals surface area contributed by atoms with Crippen LogP contribution in [0.15, 0.2) is 24.3 Å². The molecule has 0 spiro atoms. The van der Waals surface area contributed by atoms with E-state index in [-0.39, 0.29) is 6.10 Å². The first-order valence-electron chi connectivity index (χ1n) is 7.81. The van der Waals surface area contributed by atoms with E-state index < -0.39 is 0 Å². The fourth-order valence-corrected chi connectivity index (χ4v) is 3.76. The van der Waals surface area contributed by atoms with E-state index in [1.54, 1.807) is 11.1 Å². The summed E-state index contributed by atoms with van der Waals surface area (Å²) in [5, 5.41) is 13.5. The molecule has 0 radical (unpaired) electrons. The van der Waals surface area contributed by atoms with Gasteiger partial charge in [-0.25, -0.2) is 0 Å². The van der Waals surface area contributed by atoms with E-state index in [0.717, 1.165) is 19.5 Å². The van der Waals surface area contributed by atoms with E-state index >= 15 is 0 Å². The molecule has 0 heterocycles. The third-order valence-electron chi connectivity index (χ3n) is 4.91. The summed E-state index contributed by atoms with van der Waals surface area (Å²) in [5.41, 5.74) is 3.09. The second kappa shape index (κ2) is 6.06. The summed E-state index contributed by atoms with van der Waals surface area (Å²) in [5.74, 6) is 1.15. The van der Waals surface area contributed by atoms with Gasteiger partial charge in [0.1, 0.15) is 0 Å². The molecule has 3 unspecified atom stereocenters. The Balaban J connectivity index is 1.53. The van der Waals surface area contributed by atoms with Crippen molar-refractivity contribution in [2.24, 2.45) is 5.92 Å². The van der Waals surface area contributed by atoms with Crippen molar-refractivity contribution >= 4 is 0 Å². The summed E-state index contributed by atoms with van der Waals surface area (Å²) in [7, 11) is 0. The lowest BCUT2D eigenvalue weighted by molar-refractivity contribution is 0.131. The predicted octanol–water partition coefficient (Wildman–Crippen LogP) is 2.86. The summed E-state index contributed by atoms with van der Waals surface area (Å²) in [6.45, 7) is 2.06. The highest BCUT2D eigenvalue weighted by atomic mass is 16.3. The van der Waals surface area contributed by atoms with Crippen LogP contribution in [0.2, 0.25) is 0 Å². The normalized spacial score (nSPS) is 30.3. The van der Waals surface area contributed by atoms with Gasteiger partial charge in [0.2, 0.25) is 0 Å². The Labute approximate surface area is 116 Å². The van der Waals surface area contributed by atoms with Crippen molar-refractivity contribution in [3.63, 3.8) is 0 Å². The summed E-state index contributed by atoms with van der Waals surface area (Å²) in [6.07, 6.45) is 7.18. The summed E-state index contributed by atoms with van der Waals surface area (Å²) >= 11 is 0. The van der Waals surface area contributed by atoms with Gasteiger partial charge in [-0.2, -0.15) is 0 Å². The number of hydrogen-bond acceptors (Lipinski definition) is 2. The van der Waals surface area contributed by atoms with E-state index in [1.165, 1.54) is 32.1 Å². The van der Waals surface area contributed by atoms with Crippen LogP contribution in [0, 0.1) is 5.92 Å². The Kier molecular flexibility index (Phi) is 4.19. The number of aryl methyl sites for hydroxylation is 1. The Bertz CT molecular complexity index is 417. The molecule has 2 aliphatic carbocycles. The molecule has 1 aromatic carbocycles. The zero-order chi connectivity index (χ0) is 13.1. The van der Waals surface area contributed by atoms with E-state index in [0.29, 0.717) is 11.8 Å². The highest BCUT2D eigenvalue weighted by Crippen LogP contribution is 2.31. The molecule has 1 aromatic rings. The van der Waals surface area contributed by atoms with Gasteiger partial charge in [0.25, 0.3) is 0 Å². The van der Waals surface area contributed by atoms with Crippen LogP contribution < -0.4 is 5.32 Å². The van der Waals surface area contributed by atoms with Crippen molar-refractivity contribution in [2.75, 3.05) is 13.1 Å². The van der Waals surface area contributed by atoms with Crippen LogP contribution in [-0.4, -0.2) is 24.3 Å². The maximum atomic E-state index is 9.84. The molecular formula is C17H25NO. The van der Waals surface area contributed by atoms with Crippen molar-refractivity contribution in [3.05, 3.63) is 35.4 Å². The van der Waals surface area contributed by atoms with Gasteiger partial charge >= 0.3 is 0 Å². The molecule has 3 rings (SSSR count). The van der Waals surface area contributed by atoms with Crippen molar-refractivity contribution in [3.8, 4) is 0 Å². The lowest BCUT2D eigenvalue weighted by atomic mass is 9.83.